The van der Waals surface area contributed by atoms with E-state index in [1.165, 1.54) is 6.08 Å². The van der Waals surface area contributed by atoms with Crippen LogP contribution in [0.3, 0.4) is 0 Å². The van der Waals surface area contributed by atoms with Gasteiger partial charge < -0.3 is 14.6 Å². The Morgan fingerprint density at radius 3 is 2.88 bits per heavy atom. The van der Waals surface area contributed by atoms with E-state index in [2.05, 4.69) is 16.6 Å². The van der Waals surface area contributed by atoms with E-state index in [-0.39, 0.29) is 12.6 Å². The molecule has 0 unspecified atom stereocenters. The zero-order chi connectivity index (χ0) is 12.9. The summed E-state index contributed by atoms with van der Waals surface area (Å²) in [4.78, 5) is 2.60. The van der Waals surface area contributed by atoms with Crippen LogP contribution in [0.1, 0.15) is 13.8 Å². The van der Waals surface area contributed by atoms with Gasteiger partial charge in [0, 0.05) is 11.5 Å². The van der Waals surface area contributed by atoms with Gasteiger partial charge >= 0.3 is 0 Å². The van der Waals surface area contributed by atoms with Gasteiger partial charge in [0.2, 0.25) is 0 Å². The number of ether oxygens (including phenoxy) is 2. The molecule has 0 aromatic heterocycles. The molecule has 3 atom stereocenters. The van der Waals surface area contributed by atoms with Crippen LogP contribution < -0.4 is 0 Å². The monoisotopic (exact) mass is 239 g/mol. The largest absolute Gasteiger partial charge is 0.386 e. The summed E-state index contributed by atoms with van der Waals surface area (Å²) in [6.07, 6.45) is 3.03. The van der Waals surface area contributed by atoms with Gasteiger partial charge in [-0.3, -0.25) is 0 Å². The first-order valence-electron chi connectivity index (χ1n) is 5.34. The van der Waals surface area contributed by atoms with Crippen molar-refractivity contribution in [3.05, 3.63) is 35.2 Å². The maximum atomic E-state index is 9.91. The number of rotatable bonds is 5. The van der Waals surface area contributed by atoms with Crippen molar-refractivity contribution in [2.24, 2.45) is 5.11 Å². The maximum Gasteiger partial charge on any atom is 0.164 e. The maximum absolute atomic E-state index is 9.91. The number of aliphatic hydroxyl groups is 1. The van der Waals surface area contributed by atoms with Crippen LogP contribution in [0, 0.1) is 0 Å². The molecule has 0 bridgehead atoms. The Kier molecular flexibility index (Phi) is 4.72. The third-order valence-corrected chi connectivity index (χ3v) is 2.32. The van der Waals surface area contributed by atoms with E-state index in [0.717, 1.165) is 0 Å². The van der Waals surface area contributed by atoms with Crippen LogP contribution in [0.15, 0.2) is 29.9 Å². The molecule has 1 N–H and O–H groups in total. The Hall–Kier alpha value is -1.33. The van der Waals surface area contributed by atoms with Crippen molar-refractivity contribution in [1.82, 2.24) is 0 Å². The third kappa shape index (κ3) is 3.87. The summed E-state index contributed by atoms with van der Waals surface area (Å²) in [6.45, 7) is 7.40. The van der Waals surface area contributed by atoms with Crippen LogP contribution in [0.4, 0.5) is 0 Å². The van der Waals surface area contributed by atoms with E-state index >= 15 is 0 Å². The Labute approximate surface area is 100 Å². The summed E-state index contributed by atoms with van der Waals surface area (Å²) in [5, 5.41) is 13.2. The quantitative estimate of drug-likeness (QED) is 0.344. The van der Waals surface area contributed by atoms with Crippen LogP contribution >= 0.6 is 0 Å². The van der Waals surface area contributed by atoms with Gasteiger partial charge in [-0.25, -0.2) is 0 Å². The fourth-order valence-electron chi connectivity index (χ4n) is 1.66. The summed E-state index contributed by atoms with van der Waals surface area (Å²) in [6, 6.07) is 0. The first-order chi connectivity index (χ1) is 8.00. The van der Waals surface area contributed by atoms with Crippen molar-refractivity contribution in [1.29, 1.82) is 0 Å². The molecule has 0 amide bonds. The molecule has 0 radical (unpaired) electrons. The van der Waals surface area contributed by atoms with Crippen molar-refractivity contribution in [3.8, 4) is 0 Å². The van der Waals surface area contributed by atoms with Crippen molar-refractivity contribution in [2.45, 2.75) is 37.9 Å². The molecule has 6 nitrogen and oxygen atoms in total. The first kappa shape index (κ1) is 13.7. The van der Waals surface area contributed by atoms with E-state index in [1.807, 2.05) is 0 Å². The minimum Gasteiger partial charge on any atom is -0.386 e. The fraction of sp³-hybridized carbons (Fsp3) is 0.636. The topological polar surface area (TPSA) is 87.5 Å². The highest BCUT2D eigenvalue weighted by Gasteiger charge is 2.42. The smallest absolute Gasteiger partial charge is 0.164 e. The Morgan fingerprint density at radius 2 is 2.29 bits per heavy atom. The van der Waals surface area contributed by atoms with E-state index in [4.69, 9.17) is 15.0 Å². The summed E-state index contributed by atoms with van der Waals surface area (Å²) in [5.41, 5.74) is 8.10. The average molecular weight is 239 g/mol. The van der Waals surface area contributed by atoms with Crippen LogP contribution in [0.25, 0.3) is 10.4 Å². The molecular weight excluding hydrogens is 222 g/mol. The van der Waals surface area contributed by atoms with E-state index in [1.54, 1.807) is 26.0 Å². The number of aliphatic hydroxyl groups excluding tert-OH is 1. The SMILES string of the molecule is C=C[C@H]1OC(C)(C)O[C@@H]1[C@H](O)/C=C/CN=[N+]=[N-]. The third-order valence-electron chi connectivity index (χ3n) is 2.32. The fourth-order valence-corrected chi connectivity index (χ4v) is 1.66. The predicted octanol–water partition coefficient (Wildman–Crippen LogP) is 1.92. The molecule has 1 saturated heterocycles. The Bertz CT molecular complexity index is 348. The molecule has 0 aliphatic carbocycles. The van der Waals surface area contributed by atoms with Crippen molar-refractivity contribution >= 4 is 0 Å². The summed E-state index contributed by atoms with van der Waals surface area (Å²) in [7, 11) is 0. The van der Waals surface area contributed by atoms with Gasteiger partial charge in [0.1, 0.15) is 18.3 Å². The molecule has 1 aliphatic rings. The molecule has 0 saturated carbocycles. The number of hydrogen-bond donors (Lipinski definition) is 1. The lowest BCUT2D eigenvalue weighted by Crippen LogP contribution is -2.33. The lowest BCUT2D eigenvalue weighted by atomic mass is 10.1. The standard InChI is InChI=1S/C11H17N3O3/c1-4-9-10(17-11(2,3)16-9)8(15)6-5-7-13-14-12/h4-6,8-10,15H,1,7H2,2-3H3/b6-5+/t8-,9-,10-/m1/s1. The zero-order valence-electron chi connectivity index (χ0n) is 9.98. The van der Waals surface area contributed by atoms with Crippen molar-refractivity contribution < 1.29 is 14.6 Å². The molecule has 0 spiro atoms. The van der Waals surface area contributed by atoms with Gasteiger partial charge in [-0.15, -0.1) is 6.58 Å². The van der Waals surface area contributed by atoms with Crippen molar-refractivity contribution in [3.63, 3.8) is 0 Å². The van der Waals surface area contributed by atoms with E-state index < -0.39 is 18.0 Å². The van der Waals surface area contributed by atoms with Gasteiger partial charge in [-0.05, 0) is 19.4 Å². The summed E-state index contributed by atoms with van der Waals surface area (Å²) in [5.74, 6) is -0.733. The molecular formula is C11H17N3O3. The number of nitrogens with zero attached hydrogens (tertiary/aromatic N) is 3. The molecule has 0 aromatic carbocycles. The normalized spacial score (nSPS) is 28.9. The van der Waals surface area contributed by atoms with Gasteiger partial charge in [-0.2, -0.15) is 0 Å². The van der Waals surface area contributed by atoms with Gasteiger partial charge in [0.25, 0.3) is 0 Å². The minimum atomic E-state index is -0.825. The first-order valence-corrected chi connectivity index (χ1v) is 5.34. The lowest BCUT2D eigenvalue weighted by molar-refractivity contribution is -0.150. The Balaban J connectivity index is 2.61. The highest BCUT2D eigenvalue weighted by Crippen LogP contribution is 2.30. The predicted molar refractivity (Wildman–Crippen MR) is 63.2 cm³/mol. The summed E-state index contributed by atoms with van der Waals surface area (Å²) >= 11 is 0. The Morgan fingerprint density at radius 1 is 1.59 bits per heavy atom. The molecule has 94 valence electrons. The van der Waals surface area contributed by atoms with Crippen molar-refractivity contribution in [2.75, 3.05) is 6.54 Å². The molecule has 6 heteroatoms. The molecule has 1 rings (SSSR count). The molecule has 17 heavy (non-hydrogen) atoms. The van der Waals surface area contributed by atoms with Gasteiger partial charge in [0.05, 0.1) is 0 Å². The lowest BCUT2D eigenvalue weighted by Gasteiger charge is -2.18. The second-order valence-corrected chi connectivity index (χ2v) is 4.13. The highest BCUT2D eigenvalue weighted by atomic mass is 16.8. The summed E-state index contributed by atoms with van der Waals surface area (Å²) < 4.78 is 11.1. The highest BCUT2D eigenvalue weighted by molar-refractivity contribution is 5.03. The average Bonchev–Trinajstić information content (AvgIpc) is 2.60. The molecule has 1 heterocycles. The number of hydrogen-bond acceptors (Lipinski definition) is 4. The van der Waals surface area contributed by atoms with Crippen LogP contribution in [-0.4, -0.2) is 35.8 Å². The van der Waals surface area contributed by atoms with E-state index in [0.29, 0.717) is 0 Å². The van der Waals surface area contributed by atoms with Gasteiger partial charge in [-0.1, -0.05) is 23.3 Å². The molecule has 1 aliphatic heterocycles. The molecule has 0 aromatic rings. The minimum absolute atomic E-state index is 0.198. The van der Waals surface area contributed by atoms with E-state index in [9.17, 15) is 5.11 Å². The second kappa shape index (κ2) is 5.84. The zero-order valence-corrected chi connectivity index (χ0v) is 9.98. The number of azide groups is 1. The van der Waals surface area contributed by atoms with Crippen LogP contribution in [0.5, 0.6) is 0 Å². The van der Waals surface area contributed by atoms with Crippen LogP contribution in [-0.2, 0) is 9.47 Å². The van der Waals surface area contributed by atoms with Gasteiger partial charge in [0.15, 0.2) is 5.79 Å². The second-order valence-electron chi connectivity index (χ2n) is 4.13. The van der Waals surface area contributed by atoms with Crippen LogP contribution in [0.2, 0.25) is 0 Å². The molecule has 1 fully saturated rings.